The van der Waals surface area contributed by atoms with Gasteiger partial charge < -0.3 is 9.33 Å². The summed E-state index contributed by atoms with van der Waals surface area (Å²) in [6.45, 7) is 13.9. The maximum atomic E-state index is 12.5. The van der Waals surface area contributed by atoms with Crippen molar-refractivity contribution >= 4 is 15.7 Å². The summed E-state index contributed by atoms with van der Waals surface area (Å²) in [5, 5.41) is 0.275. The first-order chi connectivity index (χ1) is 10.6. The number of hydrogen-bond acceptors (Lipinski definition) is 2. The molecule has 1 aromatic rings. The molecule has 23 heavy (non-hydrogen) atoms. The zero-order chi connectivity index (χ0) is 17.3. The van der Waals surface area contributed by atoms with Gasteiger partial charge in [-0.2, -0.15) is 0 Å². The van der Waals surface area contributed by atoms with Gasteiger partial charge in [0.05, 0.1) is 11.6 Å². The fraction of sp³-hybridized carbons (Fsp3) is 0.632. The Bertz CT molecular complexity index is 536. The van der Waals surface area contributed by atoms with Gasteiger partial charge >= 0.3 is 0 Å². The summed E-state index contributed by atoms with van der Waals surface area (Å²) in [6, 6.07) is 10.4. The monoisotopic (exact) mass is 333 g/mol. The summed E-state index contributed by atoms with van der Waals surface area (Å²) >= 11 is 0. The second kappa shape index (κ2) is 6.77. The number of carbonyl (C=O) groups excluding carboxylic acids is 1. The first-order valence-corrected chi connectivity index (χ1v) is 9.87. The zero-order valence-electron chi connectivity index (χ0n) is 15.4. The minimum Gasteiger partial charge on any atom is -0.418 e. The van der Waals surface area contributed by atoms with Crippen LogP contribution in [0.4, 0.5) is 0 Å². The highest BCUT2D eigenvalue weighted by atomic mass is 28.2. The van der Waals surface area contributed by atoms with Crippen molar-refractivity contribution in [1.29, 1.82) is 0 Å². The van der Waals surface area contributed by atoms with Gasteiger partial charge in [0.2, 0.25) is 5.91 Å². The van der Waals surface area contributed by atoms with Crippen molar-refractivity contribution in [1.82, 2.24) is 4.90 Å². The highest BCUT2D eigenvalue weighted by molar-refractivity contribution is 6.31. The molecule has 0 N–H and O–H groups in total. The Hall–Kier alpha value is -1.13. The average Bonchev–Trinajstić information content (AvgIpc) is 2.88. The first-order valence-electron chi connectivity index (χ1n) is 8.58. The van der Waals surface area contributed by atoms with E-state index < -0.39 is 9.76 Å². The van der Waals surface area contributed by atoms with Gasteiger partial charge in [-0.05, 0) is 31.4 Å². The van der Waals surface area contributed by atoms with Crippen molar-refractivity contribution in [3.63, 3.8) is 0 Å². The summed E-state index contributed by atoms with van der Waals surface area (Å²) < 4.78 is 6.32. The number of likely N-dealkylation sites (tertiary alicyclic amines) is 1. The van der Waals surface area contributed by atoms with Crippen molar-refractivity contribution in [2.24, 2.45) is 5.92 Å². The van der Waals surface area contributed by atoms with E-state index in [-0.39, 0.29) is 28.5 Å². The predicted molar refractivity (Wildman–Crippen MR) is 98.1 cm³/mol. The van der Waals surface area contributed by atoms with Gasteiger partial charge in [-0.15, -0.1) is 0 Å². The largest absolute Gasteiger partial charge is 0.418 e. The van der Waals surface area contributed by atoms with Gasteiger partial charge in [0.15, 0.2) is 9.76 Å². The highest BCUT2D eigenvalue weighted by Crippen LogP contribution is 2.36. The molecule has 1 aliphatic rings. The lowest BCUT2D eigenvalue weighted by Crippen LogP contribution is -2.39. The van der Waals surface area contributed by atoms with Gasteiger partial charge in [-0.25, -0.2) is 0 Å². The Balaban J connectivity index is 2.04. The van der Waals surface area contributed by atoms with E-state index in [2.05, 4.69) is 53.7 Å². The molecule has 0 saturated carbocycles. The van der Waals surface area contributed by atoms with E-state index in [1.807, 2.05) is 23.1 Å². The number of benzene rings is 1. The minimum absolute atomic E-state index is 0.129. The fourth-order valence-electron chi connectivity index (χ4n) is 3.00. The van der Waals surface area contributed by atoms with Gasteiger partial charge in [0.25, 0.3) is 0 Å². The Morgan fingerprint density at radius 1 is 1.17 bits per heavy atom. The Morgan fingerprint density at radius 3 is 2.35 bits per heavy atom. The SMILES string of the molecule is C[C@H](c1ccccc1)N1C[C@H](C(C)(C)O[SiH2]C(C)(C)C)CC1=O. The van der Waals surface area contributed by atoms with Crippen LogP contribution >= 0.6 is 0 Å². The Morgan fingerprint density at radius 2 is 1.78 bits per heavy atom. The van der Waals surface area contributed by atoms with Crippen LogP contribution in [0.2, 0.25) is 5.04 Å². The van der Waals surface area contributed by atoms with E-state index in [1.54, 1.807) is 0 Å². The third kappa shape index (κ3) is 4.67. The molecule has 0 spiro atoms. The topological polar surface area (TPSA) is 29.5 Å². The summed E-state index contributed by atoms with van der Waals surface area (Å²) in [5.74, 6) is 0.525. The van der Waals surface area contributed by atoms with Crippen LogP contribution < -0.4 is 0 Å². The van der Waals surface area contributed by atoms with Crippen molar-refractivity contribution in [2.75, 3.05) is 6.54 Å². The molecule has 1 aromatic carbocycles. The predicted octanol–water partition coefficient (Wildman–Crippen LogP) is 3.69. The fourth-order valence-corrected chi connectivity index (χ4v) is 4.04. The quantitative estimate of drug-likeness (QED) is 0.769. The van der Waals surface area contributed by atoms with Crippen LogP contribution in [0.1, 0.15) is 59.6 Å². The molecule has 128 valence electrons. The molecule has 3 nitrogen and oxygen atoms in total. The third-order valence-electron chi connectivity index (χ3n) is 4.77. The standard InChI is InChI=1S/C19H31NO2Si/c1-14(15-10-8-7-9-11-15)20-13-16(12-17(20)21)19(5,6)22-23-18(2,3)4/h7-11,14,16H,12-13,23H2,1-6H3/t14-,16-/m1/s1. The van der Waals surface area contributed by atoms with Gasteiger partial charge in [-0.3, -0.25) is 4.79 Å². The van der Waals surface area contributed by atoms with Crippen molar-refractivity contribution in [2.45, 2.75) is 64.6 Å². The lowest BCUT2D eigenvalue weighted by molar-refractivity contribution is -0.129. The molecule has 1 aliphatic heterocycles. The van der Waals surface area contributed by atoms with Crippen molar-refractivity contribution < 1.29 is 9.22 Å². The van der Waals surface area contributed by atoms with E-state index in [9.17, 15) is 4.79 Å². The maximum absolute atomic E-state index is 12.5. The maximum Gasteiger partial charge on any atom is 0.223 e. The summed E-state index contributed by atoms with van der Waals surface area (Å²) in [4.78, 5) is 14.5. The number of rotatable bonds is 5. The number of carbonyl (C=O) groups is 1. The second-order valence-electron chi connectivity index (χ2n) is 8.49. The molecule has 1 heterocycles. The van der Waals surface area contributed by atoms with E-state index in [0.29, 0.717) is 6.42 Å². The van der Waals surface area contributed by atoms with Crippen LogP contribution in [-0.4, -0.2) is 32.7 Å². The summed E-state index contributed by atoms with van der Waals surface area (Å²) in [5.41, 5.74) is 0.977. The van der Waals surface area contributed by atoms with Crippen molar-refractivity contribution in [3.8, 4) is 0 Å². The van der Waals surface area contributed by atoms with Crippen LogP contribution in [0.3, 0.4) is 0 Å². The molecular formula is C19H31NO2Si. The van der Waals surface area contributed by atoms with Crippen LogP contribution in [0, 0.1) is 5.92 Å². The molecule has 1 saturated heterocycles. The molecule has 2 rings (SSSR count). The van der Waals surface area contributed by atoms with Crippen LogP contribution in [0.25, 0.3) is 0 Å². The summed E-state index contributed by atoms with van der Waals surface area (Å²) in [7, 11) is -0.622. The highest BCUT2D eigenvalue weighted by Gasteiger charge is 2.42. The van der Waals surface area contributed by atoms with E-state index in [4.69, 9.17) is 4.43 Å². The van der Waals surface area contributed by atoms with Crippen LogP contribution in [0.5, 0.6) is 0 Å². The second-order valence-corrected chi connectivity index (χ2v) is 11.2. The molecule has 0 radical (unpaired) electrons. The van der Waals surface area contributed by atoms with E-state index >= 15 is 0 Å². The van der Waals surface area contributed by atoms with Crippen LogP contribution in [-0.2, 0) is 9.22 Å². The van der Waals surface area contributed by atoms with Crippen LogP contribution in [0.15, 0.2) is 30.3 Å². The number of amides is 1. The molecule has 4 heteroatoms. The molecule has 1 fully saturated rings. The number of nitrogens with zero attached hydrogens (tertiary/aromatic N) is 1. The third-order valence-corrected chi connectivity index (χ3v) is 6.52. The molecule has 0 unspecified atom stereocenters. The molecule has 0 aromatic heterocycles. The molecular weight excluding hydrogens is 302 g/mol. The number of hydrogen-bond donors (Lipinski definition) is 0. The minimum atomic E-state index is -0.622. The summed E-state index contributed by atoms with van der Waals surface area (Å²) in [6.07, 6.45) is 0.600. The van der Waals surface area contributed by atoms with Crippen molar-refractivity contribution in [3.05, 3.63) is 35.9 Å². The first kappa shape index (κ1) is 18.2. The van der Waals surface area contributed by atoms with E-state index in [0.717, 1.165) is 6.54 Å². The smallest absolute Gasteiger partial charge is 0.223 e. The van der Waals surface area contributed by atoms with E-state index in [1.165, 1.54) is 5.56 Å². The molecule has 0 bridgehead atoms. The lowest BCUT2D eigenvalue weighted by atomic mass is 9.90. The normalized spacial score (nSPS) is 21.4. The van der Waals surface area contributed by atoms with Gasteiger partial charge in [0.1, 0.15) is 0 Å². The van der Waals surface area contributed by atoms with Gasteiger partial charge in [0, 0.05) is 18.9 Å². The molecule has 0 aliphatic carbocycles. The molecule has 1 amide bonds. The van der Waals surface area contributed by atoms with Gasteiger partial charge in [-0.1, -0.05) is 51.1 Å². The zero-order valence-corrected chi connectivity index (χ0v) is 16.8. The molecule has 2 atom stereocenters. The average molecular weight is 334 g/mol. The Labute approximate surface area is 143 Å². The Kier molecular flexibility index (Phi) is 5.36. The lowest BCUT2D eigenvalue weighted by Gasteiger charge is -2.35.